The molecule has 36 heavy (non-hydrogen) atoms. The second-order valence-electron chi connectivity index (χ2n) is 9.52. The van der Waals surface area contributed by atoms with Crippen LogP contribution in [0.2, 0.25) is 0 Å². The minimum absolute atomic E-state index is 0. The van der Waals surface area contributed by atoms with Gasteiger partial charge in [0.1, 0.15) is 5.69 Å². The SMILES string of the molecule is Cc1ncc(-c2ccnc(C(C)(C)C#N)c2)nc1-c1nnc(-c2ccc(NCC3CCCN3)cc2)o1.[HH].[HH]. The van der Waals surface area contributed by atoms with Gasteiger partial charge >= 0.3 is 0 Å². The minimum Gasteiger partial charge on any atom is -0.415 e. The van der Waals surface area contributed by atoms with Crippen molar-refractivity contribution in [2.24, 2.45) is 0 Å². The fraction of sp³-hybridized carbons (Fsp3) is 0.333. The molecule has 0 amide bonds. The lowest BCUT2D eigenvalue weighted by Gasteiger charge is -2.15. The maximum atomic E-state index is 9.47. The van der Waals surface area contributed by atoms with Crippen molar-refractivity contribution in [1.29, 1.82) is 5.26 Å². The van der Waals surface area contributed by atoms with E-state index in [1.54, 1.807) is 12.4 Å². The Labute approximate surface area is 213 Å². The third-order valence-corrected chi connectivity index (χ3v) is 6.41. The first kappa shape index (κ1) is 23.6. The van der Waals surface area contributed by atoms with Crippen LogP contribution in [-0.2, 0) is 5.41 Å². The zero-order valence-electron chi connectivity index (χ0n) is 20.6. The predicted molar refractivity (Wildman–Crippen MR) is 141 cm³/mol. The molecule has 1 aliphatic rings. The standard InChI is InChI=1S/C27H28N8O.2H2/c1-17-24(33-22(15-31-17)19-10-12-30-23(13-19)27(2,3)16-28)26-35-34-25(36-26)18-6-8-20(9-7-18)32-14-21-5-4-11-29-21;;/h6-10,12-13,15,21,29,32H,4-5,11,14H2,1-3H3;2*1H. The number of hydrogen-bond donors (Lipinski definition) is 2. The average Bonchev–Trinajstić information content (AvgIpc) is 3.61. The van der Waals surface area contributed by atoms with Crippen molar-refractivity contribution in [3.63, 3.8) is 0 Å². The zero-order valence-corrected chi connectivity index (χ0v) is 20.6. The van der Waals surface area contributed by atoms with E-state index in [9.17, 15) is 5.26 Å². The predicted octanol–water partition coefficient (Wildman–Crippen LogP) is 5.02. The van der Waals surface area contributed by atoms with Gasteiger partial charge in [-0.05, 0) is 76.6 Å². The number of anilines is 1. The van der Waals surface area contributed by atoms with Crippen LogP contribution in [0.15, 0.2) is 53.2 Å². The van der Waals surface area contributed by atoms with Crippen LogP contribution in [0.5, 0.6) is 0 Å². The summed E-state index contributed by atoms with van der Waals surface area (Å²) in [6.45, 7) is 7.53. The van der Waals surface area contributed by atoms with Crippen LogP contribution in [0.3, 0.4) is 0 Å². The molecule has 2 N–H and O–H groups in total. The number of rotatable bonds is 7. The van der Waals surface area contributed by atoms with E-state index >= 15 is 0 Å². The lowest BCUT2D eigenvalue weighted by atomic mass is 9.90. The van der Waals surface area contributed by atoms with Gasteiger partial charge < -0.3 is 15.1 Å². The summed E-state index contributed by atoms with van der Waals surface area (Å²) in [7, 11) is 0. The van der Waals surface area contributed by atoms with E-state index in [2.05, 4.69) is 36.9 Å². The third-order valence-electron chi connectivity index (χ3n) is 6.41. The largest absolute Gasteiger partial charge is 0.415 e. The van der Waals surface area contributed by atoms with Gasteiger partial charge in [-0.3, -0.25) is 9.97 Å². The highest BCUT2D eigenvalue weighted by molar-refractivity contribution is 5.64. The topological polar surface area (TPSA) is 125 Å². The first-order chi connectivity index (χ1) is 17.4. The van der Waals surface area contributed by atoms with Crippen molar-refractivity contribution in [1.82, 2.24) is 30.5 Å². The summed E-state index contributed by atoms with van der Waals surface area (Å²) in [5.74, 6) is 0.723. The van der Waals surface area contributed by atoms with Crippen LogP contribution in [0.1, 0.15) is 40.9 Å². The Bertz CT molecular complexity index is 1410. The number of benzene rings is 1. The van der Waals surface area contributed by atoms with Gasteiger partial charge in [0.05, 0.1) is 34.8 Å². The third kappa shape index (κ3) is 4.95. The molecule has 186 valence electrons. The number of hydrogen-bond acceptors (Lipinski definition) is 9. The number of aromatic nitrogens is 5. The fourth-order valence-corrected chi connectivity index (χ4v) is 4.12. The van der Waals surface area contributed by atoms with Gasteiger partial charge in [0.15, 0.2) is 0 Å². The highest BCUT2D eigenvalue weighted by Gasteiger charge is 2.23. The highest BCUT2D eigenvalue weighted by Crippen LogP contribution is 2.29. The molecule has 4 heterocycles. The summed E-state index contributed by atoms with van der Waals surface area (Å²) >= 11 is 0. The Hall–Kier alpha value is -4.16. The summed E-state index contributed by atoms with van der Waals surface area (Å²) in [6.07, 6.45) is 5.82. The van der Waals surface area contributed by atoms with E-state index < -0.39 is 5.41 Å². The van der Waals surface area contributed by atoms with Crippen LogP contribution in [0.4, 0.5) is 5.69 Å². The molecule has 4 aromatic rings. The molecule has 1 aromatic carbocycles. The molecule has 5 rings (SSSR count). The molecule has 0 aliphatic carbocycles. The lowest BCUT2D eigenvalue weighted by molar-refractivity contribution is 0.581. The Balaban J connectivity index is 0.00000200. The maximum Gasteiger partial charge on any atom is 0.268 e. The lowest BCUT2D eigenvalue weighted by Crippen LogP contribution is -2.29. The molecular formula is C27H32N8O. The van der Waals surface area contributed by atoms with Gasteiger partial charge in [-0.1, -0.05) is 0 Å². The van der Waals surface area contributed by atoms with E-state index in [1.807, 2.05) is 57.2 Å². The second kappa shape index (κ2) is 9.84. The zero-order chi connectivity index (χ0) is 25.1. The minimum atomic E-state index is -0.711. The summed E-state index contributed by atoms with van der Waals surface area (Å²) < 4.78 is 5.99. The van der Waals surface area contributed by atoms with Gasteiger partial charge in [-0.25, -0.2) is 4.98 Å². The van der Waals surface area contributed by atoms with Crippen molar-refractivity contribution in [3.8, 4) is 40.4 Å². The number of nitrogens with zero attached hydrogens (tertiary/aromatic N) is 6. The van der Waals surface area contributed by atoms with Gasteiger partial charge in [0.2, 0.25) is 5.89 Å². The van der Waals surface area contributed by atoms with E-state index in [0.717, 1.165) is 29.9 Å². The van der Waals surface area contributed by atoms with Gasteiger partial charge in [0, 0.05) is 38.5 Å². The molecule has 0 bridgehead atoms. The maximum absolute atomic E-state index is 9.47. The van der Waals surface area contributed by atoms with Crippen molar-refractivity contribution in [2.75, 3.05) is 18.4 Å². The monoisotopic (exact) mass is 484 g/mol. The molecule has 1 atom stereocenters. The first-order valence-corrected chi connectivity index (χ1v) is 12.1. The van der Waals surface area contributed by atoms with Crippen molar-refractivity contribution in [2.45, 2.75) is 45.1 Å². The van der Waals surface area contributed by atoms with E-state index in [0.29, 0.717) is 40.6 Å². The molecular weight excluding hydrogens is 452 g/mol. The Morgan fingerprint density at radius 3 is 2.69 bits per heavy atom. The quantitative estimate of drug-likeness (QED) is 0.372. The Morgan fingerprint density at radius 1 is 1.14 bits per heavy atom. The van der Waals surface area contributed by atoms with Crippen LogP contribution in [0.25, 0.3) is 34.3 Å². The van der Waals surface area contributed by atoms with Gasteiger partial charge in [-0.2, -0.15) is 5.26 Å². The average molecular weight is 485 g/mol. The van der Waals surface area contributed by atoms with Crippen LogP contribution in [0, 0.1) is 18.3 Å². The Kier molecular flexibility index (Phi) is 6.44. The smallest absolute Gasteiger partial charge is 0.268 e. The fourth-order valence-electron chi connectivity index (χ4n) is 4.12. The molecule has 0 radical (unpaired) electrons. The summed E-state index contributed by atoms with van der Waals surface area (Å²) in [4.78, 5) is 13.6. The molecule has 1 aliphatic heterocycles. The van der Waals surface area contributed by atoms with E-state index in [1.165, 1.54) is 12.8 Å². The summed E-state index contributed by atoms with van der Waals surface area (Å²) in [6, 6.07) is 14.5. The molecule has 9 heteroatoms. The van der Waals surface area contributed by atoms with Crippen molar-refractivity contribution < 1.29 is 7.27 Å². The van der Waals surface area contributed by atoms with Crippen molar-refractivity contribution >= 4 is 5.69 Å². The first-order valence-electron chi connectivity index (χ1n) is 12.1. The van der Waals surface area contributed by atoms with Gasteiger partial charge in [0.25, 0.3) is 5.89 Å². The second-order valence-corrected chi connectivity index (χ2v) is 9.52. The number of aryl methyl sites for hydroxylation is 1. The number of nitrogens with one attached hydrogen (secondary N) is 2. The molecule has 0 saturated carbocycles. The molecule has 9 nitrogen and oxygen atoms in total. The highest BCUT2D eigenvalue weighted by atomic mass is 16.4. The van der Waals surface area contributed by atoms with E-state index in [4.69, 9.17) is 9.40 Å². The number of nitriles is 1. The Morgan fingerprint density at radius 2 is 1.94 bits per heavy atom. The van der Waals surface area contributed by atoms with Crippen molar-refractivity contribution in [3.05, 3.63) is 60.2 Å². The molecule has 1 fully saturated rings. The van der Waals surface area contributed by atoms with Crippen LogP contribution < -0.4 is 10.6 Å². The van der Waals surface area contributed by atoms with Crippen LogP contribution in [-0.4, -0.2) is 44.3 Å². The molecule has 1 saturated heterocycles. The van der Waals surface area contributed by atoms with E-state index in [-0.39, 0.29) is 2.85 Å². The summed E-state index contributed by atoms with van der Waals surface area (Å²) in [5.41, 5.74) is 4.50. The normalized spacial score (nSPS) is 15.6. The van der Waals surface area contributed by atoms with Gasteiger partial charge in [-0.15, -0.1) is 10.2 Å². The molecule has 3 aromatic heterocycles. The molecule has 0 spiro atoms. The summed E-state index contributed by atoms with van der Waals surface area (Å²) in [5, 5.41) is 24.9. The number of pyridine rings is 1. The van der Waals surface area contributed by atoms with Crippen LogP contribution >= 0.6 is 0 Å². The molecule has 1 unspecified atom stereocenters.